The van der Waals surface area contributed by atoms with Crippen molar-refractivity contribution in [2.24, 2.45) is 4.99 Å². The van der Waals surface area contributed by atoms with Crippen LogP contribution in [0.5, 0.6) is 0 Å². The van der Waals surface area contributed by atoms with Crippen molar-refractivity contribution < 1.29 is 0 Å². The Kier molecular flexibility index (Phi) is 1.77. The van der Waals surface area contributed by atoms with Crippen molar-refractivity contribution in [1.82, 2.24) is 0 Å². The Bertz CT molecular complexity index is 344. The van der Waals surface area contributed by atoms with Gasteiger partial charge in [-0.1, -0.05) is 12.1 Å². The molecule has 1 aliphatic heterocycles. The molecule has 0 amide bonds. The van der Waals surface area contributed by atoms with Gasteiger partial charge in [0.2, 0.25) is 0 Å². The lowest BCUT2D eigenvalue weighted by Crippen LogP contribution is -2.12. The van der Waals surface area contributed by atoms with Crippen LogP contribution in [0.2, 0.25) is 0 Å². The first kappa shape index (κ1) is 7.62. The maximum atomic E-state index is 5.74. The van der Waals surface area contributed by atoms with E-state index in [4.69, 9.17) is 11.6 Å². The second-order valence-corrected chi connectivity index (χ2v) is 3.19. The van der Waals surface area contributed by atoms with Crippen LogP contribution in [0.3, 0.4) is 0 Å². The third-order valence-electron chi connectivity index (χ3n) is 2.02. The van der Waals surface area contributed by atoms with E-state index in [2.05, 4.69) is 23.3 Å². The minimum absolute atomic E-state index is 0.480. The Balaban J connectivity index is 2.49. The highest BCUT2D eigenvalue weighted by molar-refractivity contribution is 6.67. The van der Waals surface area contributed by atoms with E-state index < -0.39 is 0 Å². The van der Waals surface area contributed by atoms with Crippen molar-refractivity contribution in [1.29, 1.82) is 0 Å². The predicted octanol–water partition coefficient (Wildman–Crippen LogP) is 2.52. The van der Waals surface area contributed by atoms with Gasteiger partial charge in [-0.05, 0) is 30.2 Å². The van der Waals surface area contributed by atoms with Gasteiger partial charge in [-0.3, -0.25) is 4.99 Å². The molecule has 0 saturated carbocycles. The van der Waals surface area contributed by atoms with Gasteiger partial charge in [0.05, 0.1) is 6.54 Å². The van der Waals surface area contributed by atoms with Gasteiger partial charge < -0.3 is 5.32 Å². The molecule has 0 saturated heterocycles. The van der Waals surface area contributed by atoms with E-state index >= 15 is 0 Å². The molecular formula is C9H9ClN2. The fraction of sp³-hybridized carbons (Fsp3) is 0.222. The number of rotatable bonds is 0. The summed E-state index contributed by atoms with van der Waals surface area (Å²) in [5.41, 5.74) is 3.57. The van der Waals surface area contributed by atoms with Gasteiger partial charge in [0.1, 0.15) is 0 Å². The number of fused-ring (bicyclic) bond motifs is 1. The first-order valence-corrected chi connectivity index (χ1v) is 4.20. The number of hydrogen-bond acceptors (Lipinski definition) is 2. The van der Waals surface area contributed by atoms with Crippen molar-refractivity contribution in [3.05, 3.63) is 29.3 Å². The topological polar surface area (TPSA) is 24.4 Å². The zero-order valence-corrected chi connectivity index (χ0v) is 7.52. The zero-order chi connectivity index (χ0) is 8.55. The van der Waals surface area contributed by atoms with Gasteiger partial charge >= 0.3 is 0 Å². The van der Waals surface area contributed by atoms with Crippen LogP contribution < -0.4 is 5.32 Å². The molecule has 1 aromatic carbocycles. The standard InChI is InChI=1S/C9H9ClN2/c1-6-3-2-4-8-7(6)5-11-9(10)12-8/h2-4H,5H2,1H3,(H,11,12). The molecule has 3 heteroatoms. The van der Waals surface area contributed by atoms with Crippen LogP contribution in [0.25, 0.3) is 0 Å². The molecule has 2 nitrogen and oxygen atoms in total. The van der Waals surface area contributed by atoms with E-state index in [-0.39, 0.29) is 0 Å². The molecule has 1 heterocycles. The van der Waals surface area contributed by atoms with Crippen LogP contribution >= 0.6 is 11.6 Å². The number of benzene rings is 1. The minimum atomic E-state index is 0.480. The average Bonchev–Trinajstić information content (AvgIpc) is 2.04. The molecule has 0 spiro atoms. The first-order valence-electron chi connectivity index (χ1n) is 3.83. The smallest absolute Gasteiger partial charge is 0.196 e. The largest absolute Gasteiger partial charge is 0.330 e. The summed E-state index contributed by atoms with van der Waals surface area (Å²) < 4.78 is 0. The lowest BCUT2D eigenvalue weighted by molar-refractivity contribution is 1.04. The number of halogens is 1. The monoisotopic (exact) mass is 180 g/mol. The molecular weight excluding hydrogens is 172 g/mol. The lowest BCUT2D eigenvalue weighted by Gasteiger charge is -2.16. The lowest BCUT2D eigenvalue weighted by atomic mass is 10.1. The molecule has 0 aromatic heterocycles. The number of nitrogens with one attached hydrogen (secondary N) is 1. The number of aliphatic imine (C=N–C) groups is 1. The van der Waals surface area contributed by atoms with E-state index in [1.54, 1.807) is 0 Å². The molecule has 0 atom stereocenters. The molecule has 2 rings (SSSR count). The fourth-order valence-electron chi connectivity index (χ4n) is 1.33. The average molecular weight is 181 g/mol. The molecule has 0 radical (unpaired) electrons. The first-order chi connectivity index (χ1) is 5.77. The fourth-order valence-corrected chi connectivity index (χ4v) is 1.49. The zero-order valence-electron chi connectivity index (χ0n) is 6.76. The Hall–Kier alpha value is -1.02. The summed E-state index contributed by atoms with van der Waals surface area (Å²) in [6.45, 7) is 2.77. The molecule has 0 fully saturated rings. The van der Waals surface area contributed by atoms with Crippen molar-refractivity contribution in [2.45, 2.75) is 13.5 Å². The van der Waals surface area contributed by atoms with Crippen LogP contribution in [0, 0.1) is 6.92 Å². The van der Waals surface area contributed by atoms with E-state index in [0.29, 0.717) is 11.8 Å². The Morgan fingerprint density at radius 1 is 1.50 bits per heavy atom. The Morgan fingerprint density at radius 3 is 3.17 bits per heavy atom. The van der Waals surface area contributed by atoms with E-state index in [1.807, 2.05) is 12.1 Å². The van der Waals surface area contributed by atoms with Crippen LogP contribution in [-0.4, -0.2) is 5.29 Å². The highest BCUT2D eigenvalue weighted by Crippen LogP contribution is 2.23. The highest BCUT2D eigenvalue weighted by atomic mass is 35.5. The third-order valence-corrected chi connectivity index (χ3v) is 2.24. The van der Waals surface area contributed by atoms with Gasteiger partial charge in [-0.15, -0.1) is 0 Å². The molecule has 0 unspecified atom stereocenters. The summed E-state index contributed by atoms with van der Waals surface area (Å²) in [5, 5.41) is 3.50. The number of hydrogen-bond donors (Lipinski definition) is 1. The van der Waals surface area contributed by atoms with Gasteiger partial charge in [-0.2, -0.15) is 0 Å². The van der Waals surface area contributed by atoms with Crippen LogP contribution in [0.4, 0.5) is 5.69 Å². The Morgan fingerprint density at radius 2 is 2.33 bits per heavy atom. The summed E-state index contributed by atoms with van der Waals surface area (Å²) in [5.74, 6) is 0. The molecule has 1 N–H and O–H groups in total. The quantitative estimate of drug-likeness (QED) is 0.610. The number of anilines is 1. The molecule has 12 heavy (non-hydrogen) atoms. The SMILES string of the molecule is Cc1cccc2c1CN=C(Cl)N2. The molecule has 1 aliphatic rings. The predicted molar refractivity (Wildman–Crippen MR) is 51.8 cm³/mol. The maximum Gasteiger partial charge on any atom is 0.196 e. The number of nitrogens with zero attached hydrogens (tertiary/aromatic N) is 1. The maximum absolute atomic E-state index is 5.74. The third kappa shape index (κ3) is 1.18. The van der Waals surface area contributed by atoms with Crippen LogP contribution in [-0.2, 0) is 6.54 Å². The van der Waals surface area contributed by atoms with Crippen molar-refractivity contribution >= 4 is 22.6 Å². The second-order valence-electron chi connectivity index (χ2n) is 2.83. The van der Waals surface area contributed by atoms with Crippen molar-refractivity contribution in [2.75, 3.05) is 5.32 Å². The van der Waals surface area contributed by atoms with E-state index in [1.165, 1.54) is 11.1 Å². The van der Waals surface area contributed by atoms with Crippen molar-refractivity contribution in [3.8, 4) is 0 Å². The van der Waals surface area contributed by atoms with Gasteiger partial charge in [0, 0.05) is 11.3 Å². The van der Waals surface area contributed by atoms with Crippen LogP contribution in [0.1, 0.15) is 11.1 Å². The summed E-state index contributed by atoms with van der Waals surface area (Å²) in [7, 11) is 0. The van der Waals surface area contributed by atoms with Gasteiger partial charge in [-0.25, -0.2) is 0 Å². The second kappa shape index (κ2) is 2.79. The summed E-state index contributed by atoms with van der Waals surface area (Å²) in [6, 6.07) is 6.10. The summed E-state index contributed by atoms with van der Waals surface area (Å²) in [4.78, 5) is 4.10. The number of amidine groups is 1. The molecule has 0 bridgehead atoms. The number of aryl methyl sites for hydroxylation is 1. The normalized spacial score (nSPS) is 14.7. The molecule has 1 aromatic rings. The Labute approximate surface area is 76.3 Å². The summed E-state index contributed by atoms with van der Waals surface area (Å²) in [6.07, 6.45) is 0. The van der Waals surface area contributed by atoms with E-state index in [9.17, 15) is 0 Å². The molecule has 62 valence electrons. The van der Waals surface area contributed by atoms with Crippen LogP contribution in [0.15, 0.2) is 23.2 Å². The minimum Gasteiger partial charge on any atom is -0.330 e. The van der Waals surface area contributed by atoms with Gasteiger partial charge in [0.15, 0.2) is 5.29 Å². The summed E-state index contributed by atoms with van der Waals surface area (Å²) >= 11 is 5.74. The van der Waals surface area contributed by atoms with Crippen molar-refractivity contribution in [3.63, 3.8) is 0 Å². The van der Waals surface area contributed by atoms with E-state index in [0.717, 1.165) is 5.69 Å². The van der Waals surface area contributed by atoms with Gasteiger partial charge in [0.25, 0.3) is 0 Å². The molecule has 0 aliphatic carbocycles. The highest BCUT2D eigenvalue weighted by Gasteiger charge is 2.10.